The number of carbonyl (C=O) groups is 1. The standard InChI is InChI=1S/C16H12F3N3O3/c1-9(15(23)24)25-12-5-3-11(4-6-12)22-14-7-2-10(16(17,18)19)8-13(14)20-21-22/h2-9H,1H3,(H,23,24). The molecule has 0 saturated heterocycles. The Balaban J connectivity index is 1.90. The lowest BCUT2D eigenvalue weighted by Gasteiger charge is -2.11. The molecular weight excluding hydrogens is 339 g/mol. The fourth-order valence-corrected chi connectivity index (χ4v) is 2.21. The van der Waals surface area contributed by atoms with Crippen LogP contribution in [0, 0.1) is 0 Å². The molecule has 1 atom stereocenters. The van der Waals surface area contributed by atoms with Crippen molar-refractivity contribution in [1.82, 2.24) is 15.0 Å². The Morgan fingerprint density at radius 2 is 1.88 bits per heavy atom. The second-order valence-corrected chi connectivity index (χ2v) is 5.29. The predicted octanol–water partition coefficient (Wildman–Crippen LogP) is 3.29. The van der Waals surface area contributed by atoms with Crippen molar-refractivity contribution in [2.24, 2.45) is 0 Å². The molecule has 1 N–H and O–H groups in total. The topological polar surface area (TPSA) is 77.2 Å². The maximum absolute atomic E-state index is 12.7. The number of carboxylic acids is 1. The number of rotatable bonds is 4. The first-order chi connectivity index (χ1) is 11.8. The van der Waals surface area contributed by atoms with Gasteiger partial charge in [0.1, 0.15) is 11.3 Å². The van der Waals surface area contributed by atoms with Gasteiger partial charge in [0, 0.05) is 0 Å². The molecular formula is C16H12F3N3O3. The van der Waals surface area contributed by atoms with E-state index in [1.807, 2.05) is 0 Å². The third-order valence-electron chi connectivity index (χ3n) is 3.51. The van der Waals surface area contributed by atoms with Gasteiger partial charge in [0.25, 0.3) is 0 Å². The lowest BCUT2D eigenvalue weighted by Crippen LogP contribution is -2.22. The zero-order valence-electron chi connectivity index (χ0n) is 12.9. The van der Waals surface area contributed by atoms with Gasteiger partial charge >= 0.3 is 12.1 Å². The van der Waals surface area contributed by atoms with Gasteiger partial charge in [-0.05, 0) is 49.4 Å². The molecule has 0 spiro atoms. The summed E-state index contributed by atoms with van der Waals surface area (Å²) in [4.78, 5) is 10.8. The number of halogens is 3. The summed E-state index contributed by atoms with van der Waals surface area (Å²) in [7, 11) is 0. The van der Waals surface area contributed by atoms with Crippen molar-refractivity contribution >= 4 is 17.0 Å². The molecule has 25 heavy (non-hydrogen) atoms. The minimum absolute atomic E-state index is 0.120. The Kier molecular flexibility index (Phi) is 4.07. The van der Waals surface area contributed by atoms with Crippen molar-refractivity contribution in [3.8, 4) is 11.4 Å². The third-order valence-corrected chi connectivity index (χ3v) is 3.51. The number of fused-ring (bicyclic) bond motifs is 1. The number of alkyl halides is 3. The summed E-state index contributed by atoms with van der Waals surface area (Å²) in [5.41, 5.74) is 0.297. The summed E-state index contributed by atoms with van der Waals surface area (Å²) in [6.45, 7) is 1.40. The van der Waals surface area contributed by atoms with Gasteiger partial charge < -0.3 is 9.84 Å². The average molecular weight is 351 g/mol. The highest BCUT2D eigenvalue weighted by atomic mass is 19.4. The van der Waals surface area contributed by atoms with Crippen LogP contribution >= 0.6 is 0 Å². The van der Waals surface area contributed by atoms with E-state index >= 15 is 0 Å². The van der Waals surface area contributed by atoms with Gasteiger partial charge in [-0.25, -0.2) is 9.48 Å². The van der Waals surface area contributed by atoms with Crippen LogP contribution in [-0.4, -0.2) is 32.2 Å². The zero-order chi connectivity index (χ0) is 18.2. The minimum Gasteiger partial charge on any atom is -0.479 e. The molecule has 130 valence electrons. The molecule has 9 heteroatoms. The Morgan fingerprint density at radius 3 is 2.48 bits per heavy atom. The highest BCUT2D eigenvalue weighted by Crippen LogP contribution is 2.31. The molecule has 1 aromatic heterocycles. The molecule has 0 aliphatic carbocycles. The molecule has 0 fully saturated rings. The molecule has 0 aliphatic heterocycles. The van der Waals surface area contributed by atoms with Gasteiger partial charge in [-0.1, -0.05) is 5.21 Å². The number of benzene rings is 2. The molecule has 0 aliphatic rings. The molecule has 6 nitrogen and oxygen atoms in total. The Bertz CT molecular complexity index is 920. The maximum Gasteiger partial charge on any atom is 0.416 e. The van der Waals surface area contributed by atoms with Crippen LogP contribution in [0.15, 0.2) is 42.5 Å². The van der Waals surface area contributed by atoms with E-state index in [1.165, 1.54) is 17.7 Å². The molecule has 1 unspecified atom stereocenters. The van der Waals surface area contributed by atoms with Crippen molar-refractivity contribution in [2.75, 3.05) is 0 Å². The molecule has 0 amide bonds. The predicted molar refractivity (Wildman–Crippen MR) is 81.6 cm³/mol. The maximum atomic E-state index is 12.7. The van der Waals surface area contributed by atoms with Crippen LogP contribution in [0.3, 0.4) is 0 Å². The van der Waals surface area contributed by atoms with Gasteiger partial charge in [0.05, 0.1) is 16.8 Å². The van der Waals surface area contributed by atoms with Crippen molar-refractivity contribution in [1.29, 1.82) is 0 Å². The number of hydrogen-bond acceptors (Lipinski definition) is 4. The highest BCUT2D eigenvalue weighted by molar-refractivity contribution is 5.77. The summed E-state index contributed by atoms with van der Waals surface area (Å²) in [5.74, 6) is -0.741. The first kappa shape index (κ1) is 16.7. The number of hydrogen-bond donors (Lipinski definition) is 1. The zero-order valence-corrected chi connectivity index (χ0v) is 12.9. The third kappa shape index (κ3) is 3.39. The van der Waals surface area contributed by atoms with Gasteiger partial charge in [0.15, 0.2) is 6.10 Å². The lowest BCUT2D eigenvalue weighted by atomic mass is 10.2. The van der Waals surface area contributed by atoms with Gasteiger partial charge in [-0.15, -0.1) is 5.10 Å². The van der Waals surface area contributed by atoms with Crippen molar-refractivity contribution in [3.63, 3.8) is 0 Å². The van der Waals surface area contributed by atoms with Crippen LogP contribution < -0.4 is 4.74 Å². The fourth-order valence-electron chi connectivity index (χ4n) is 2.21. The normalized spacial score (nSPS) is 13.0. The van der Waals surface area contributed by atoms with Gasteiger partial charge in [-0.2, -0.15) is 13.2 Å². The molecule has 2 aromatic carbocycles. The quantitative estimate of drug-likeness (QED) is 0.780. The number of aliphatic carboxylic acids is 1. The van der Waals surface area contributed by atoms with Crippen LogP contribution in [0.2, 0.25) is 0 Å². The number of aromatic nitrogens is 3. The van der Waals surface area contributed by atoms with E-state index in [4.69, 9.17) is 9.84 Å². The van der Waals surface area contributed by atoms with E-state index in [0.29, 0.717) is 17.0 Å². The van der Waals surface area contributed by atoms with Crippen LogP contribution in [0.1, 0.15) is 12.5 Å². The largest absolute Gasteiger partial charge is 0.479 e. The van der Waals surface area contributed by atoms with Gasteiger partial charge in [-0.3, -0.25) is 0 Å². The molecule has 3 aromatic rings. The molecule has 0 radical (unpaired) electrons. The van der Waals surface area contributed by atoms with E-state index in [0.717, 1.165) is 12.1 Å². The van der Waals surface area contributed by atoms with Crippen LogP contribution in [-0.2, 0) is 11.0 Å². The lowest BCUT2D eigenvalue weighted by molar-refractivity contribution is -0.144. The summed E-state index contributed by atoms with van der Waals surface area (Å²) in [5, 5.41) is 16.5. The van der Waals surface area contributed by atoms with E-state index in [2.05, 4.69) is 10.3 Å². The smallest absolute Gasteiger partial charge is 0.416 e. The van der Waals surface area contributed by atoms with E-state index in [1.54, 1.807) is 24.3 Å². The SMILES string of the molecule is CC(Oc1ccc(-n2nnc3cc(C(F)(F)F)ccc32)cc1)C(=O)O. The second kappa shape index (κ2) is 6.08. The summed E-state index contributed by atoms with van der Waals surface area (Å²) < 4.78 is 44.8. The Morgan fingerprint density at radius 1 is 1.20 bits per heavy atom. The molecule has 3 rings (SSSR count). The number of ether oxygens (including phenoxy) is 1. The number of nitrogens with zero attached hydrogens (tertiary/aromatic N) is 3. The highest BCUT2D eigenvalue weighted by Gasteiger charge is 2.31. The van der Waals surface area contributed by atoms with Crippen LogP contribution in [0.4, 0.5) is 13.2 Å². The van der Waals surface area contributed by atoms with Gasteiger partial charge in [0.2, 0.25) is 0 Å². The minimum atomic E-state index is -4.45. The van der Waals surface area contributed by atoms with Crippen molar-refractivity contribution in [2.45, 2.75) is 19.2 Å². The van der Waals surface area contributed by atoms with Crippen LogP contribution in [0.5, 0.6) is 5.75 Å². The fraction of sp³-hybridized carbons (Fsp3) is 0.188. The monoisotopic (exact) mass is 351 g/mol. The summed E-state index contributed by atoms with van der Waals surface area (Å²) in [6.07, 6.45) is -5.45. The van der Waals surface area contributed by atoms with Crippen molar-refractivity contribution in [3.05, 3.63) is 48.0 Å². The first-order valence-corrected chi connectivity index (χ1v) is 7.18. The average Bonchev–Trinajstić information content (AvgIpc) is 2.97. The number of carboxylic acid groups (broad SMARTS) is 1. The summed E-state index contributed by atoms with van der Waals surface area (Å²) in [6, 6.07) is 9.51. The molecule has 1 heterocycles. The van der Waals surface area contributed by atoms with E-state index < -0.39 is 23.8 Å². The van der Waals surface area contributed by atoms with Crippen molar-refractivity contribution < 1.29 is 27.8 Å². The molecule has 0 bridgehead atoms. The molecule has 0 saturated carbocycles. The Hall–Kier alpha value is -3.10. The Labute approximate surface area is 139 Å². The second-order valence-electron chi connectivity index (χ2n) is 5.29. The van der Waals surface area contributed by atoms with E-state index in [-0.39, 0.29) is 5.52 Å². The first-order valence-electron chi connectivity index (χ1n) is 7.18. The van der Waals surface area contributed by atoms with E-state index in [9.17, 15) is 18.0 Å². The van der Waals surface area contributed by atoms with Crippen LogP contribution in [0.25, 0.3) is 16.7 Å². The summed E-state index contributed by atoms with van der Waals surface area (Å²) >= 11 is 0.